The fourth-order valence-corrected chi connectivity index (χ4v) is 13.8. The van der Waals surface area contributed by atoms with Gasteiger partial charge in [0.1, 0.15) is 46.6 Å². The Kier molecular flexibility index (Phi) is 33.9. The highest BCUT2D eigenvalue weighted by molar-refractivity contribution is 6.31. The zero-order valence-corrected chi connectivity index (χ0v) is 74.4. The van der Waals surface area contributed by atoms with Crippen LogP contribution in [0, 0.1) is 21.6 Å². The summed E-state index contributed by atoms with van der Waals surface area (Å²) in [7, 11) is 5.64. The molecule has 4 aromatic heterocycles. The van der Waals surface area contributed by atoms with E-state index >= 15 is 0 Å². The van der Waals surface area contributed by atoms with E-state index in [2.05, 4.69) is 85.1 Å². The van der Waals surface area contributed by atoms with Gasteiger partial charge in [0, 0.05) is 155 Å². The van der Waals surface area contributed by atoms with Gasteiger partial charge in [-0.15, -0.1) is 0 Å². The van der Waals surface area contributed by atoms with Gasteiger partial charge in [-0.3, -0.25) is 60.0 Å². The number of pyridine rings is 4. The van der Waals surface area contributed by atoms with Crippen LogP contribution in [0.5, 0.6) is 0 Å². The van der Waals surface area contributed by atoms with Gasteiger partial charge in [0.05, 0.1) is 65.1 Å². The van der Waals surface area contributed by atoms with Crippen LogP contribution in [0.15, 0.2) is 267 Å². The van der Waals surface area contributed by atoms with E-state index in [-0.39, 0.29) is 23.6 Å². The lowest BCUT2D eigenvalue weighted by Crippen LogP contribution is -2.47. The van der Waals surface area contributed by atoms with Crippen LogP contribution in [0.2, 0.25) is 20.1 Å². The summed E-state index contributed by atoms with van der Waals surface area (Å²) in [6.07, 6.45) is 6.75. The second kappa shape index (κ2) is 46.7. The highest BCUT2D eigenvalue weighted by atomic mass is 35.5. The first-order valence-corrected chi connectivity index (χ1v) is 42.9. The van der Waals surface area contributed by atoms with Crippen molar-refractivity contribution in [3.05, 3.63) is 354 Å². The number of halogens is 4. The number of carbonyl (C=O) groups is 8. The monoisotopic (exact) mass is 1840 g/mol. The van der Waals surface area contributed by atoms with Crippen LogP contribution in [-0.2, 0) is 0 Å². The molecule has 0 unspecified atom stereocenters. The van der Waals surface area contributed by atoms with Gasteiger partial charge in [0.15, 0.2) is 0 Å². The van der Waals surface area contributed by atoms with Crippen molar-refractivity contribution in [3.8, 4) is 0 Å². The number of likely N-dealkylation sites (N-methyl/N-ethyl adjacent to an activating group) is 1. The van der Waals surface area contributed by atoms with Crippen LogP contribution in [0.25, 0.3) is 0 Å². The minimum absolute atomic E-state index is 0.300. The second-order valence-electron chi connectivity index (χ2n) is 30.0. The first-order valence-electron chi connectivity index (χ1n) is 41.4. The summed E-state index contributed by atoms with van der Waals surface area (Å²) in [6.45, 7) is 10.1. The van der Waals surface area contributed by atoms with E-state index < -0.39 is 23.6 Å². The molecule has 3 saturated heterocycles. The molecule has 3 aliphatic heterocycles. The molecule has 8 amide bonds. The van der Waals surface area contributed by atoms with E-state index in [1.54, 1.807) is 262 Å². The molecule has 0 radical (unpaired) electrons. The molecule has 0 saturated carbocycles. The number of rotatable bonds is 20. The van der Waals surface area contributed by atoms with Crippen molar-refractivity contribution in [1.82, 2.24) is 55.1 Å². The molecule has 0 spiro atoms. The van der Waals surface area contributed by atoms with Gasteiger partial charge < -0.3 is 77.7 Å². The molecule has 3 fully saturated rings. The molecule has 7 heterocycles. The van der Waals surface area contributed by atoms with Crippen LogP contribution in [0.3, 0.4) is 0 Å². The summed E-state index contributed by atoms with van der Waals surface area (Å²) < 4.78 is 0. The quantitative estimate of drug-likeness (QED) is 0.0249. The van der Waals surface area contributed by atoms with Crippen LogP contribution in [0.1, 0.15) is 112 Å². The predicted molar refractivity (Wildman–Crippen MR) is 516 cm³/mol. The van der Waals surface area contributed by atoms with E-state index in [9.17, 15) is 38.4 Å². The maximum Gasteiger partial charge on any atom is 0.258 e. The second-order valence-corrected chi connectivity index (χ2v) is 31.7. The van der Waals surface area contributed by atoms with Gasteiger partial charge >= 0.3 is 0 Å². The van der Waals surface area contributed by atoms with Gasteiger partial charge in [-0.2, -0.15) is 0 Å². The minimum atomic E-state index is -0.407. The van der Waals surface area contributed by atoms with E-state index in [0.717, 1.165) is 102 Å². The maximum atomic E-state index is 12.9. The third-order valence-corrected chi connectivity index (χ3v) is 21.5. The summed E-state index contributed by atoms with van der Waals surface area (Å²) in [5.41, 5.74) is 7.43. The summed E-state index contributed by atoms with van der Waals surface area (Å²) in [6, 6.07) is 67.3. The molecular formula is C96H93Cl4N23O8. The number of para-hydroxylation sites is 4. The lowest BCUT2D eigenvalue weighted by Gasteiger charge is -2.34. The average Bonchev–Trinajstić information content (AvgIpc) is 1.82. The minimum Gasteiger partial charge on any atom is -0.363 e. The summed E-state index contributed by atoms with van der Waals surface area (Å²) in [4.78, 5) is 128. The first kappa shape index (κ1) is 95.2. The number of hydrogen-bond acceptors (Lipinski definition) is 19. The molecular weight excluding hydrogens is 1750 g/mol. The Bertz CT molecular complexity index is 6080. The number of nitrogens with one attached hydrogen (secondary N) is 14. The van der Waals surface area contributed by atoms with Gasteiger partial charge in [-0.1, -0.05) is 143 Å². The lowest BCUT2D eigenvalue weighted by atomic mass is 10.1. The number of piperazine rings is 2. The van der Waals surface area contributed by atoms with Crippen molar-refractivity contribution in [3.63, 3.8) is 0 Å². The number of anilines is 8. The molecule has 15 rings (SSSR count). The predicted octanol–water partition coefficient (Wildman–Crippen LogP) is 15.3. The molecule has 668 valence electrons. The van der Waals surface area contributed by atoms with Crippen molar-refractivity contribution >= 4 is 163 Å². The SMILES string of the molecule is CN(C)C(=N)c1ccc(C(=O)Nc2ccccc2C(=O)Nc2ccc(Cl)cn2)cc1.CN1CCN(C(=N)c2ccc(C(=O)Nc3ccccc3C(=O)Nc3ccc(Cl)cn3)cc2)CC1.N=C(c1ccc(C(=O)Nc2ccccc2C(=O)Nc2ccc(Cl)cn2)cc1)N1CCCNCC1.N=C(c1ccc(C(=O)Nc2ccccc2C(=O)Nc2ccc(Cl)cn2)cc1)N1CCNCC1. The average molecular weight is 1840 g/mol. The Morgan fingerprint density at radius 2 is 0.534 bits per heavy atom. The maximum absolute atomic E-state index is 12.9. The van der Waals surface area contributed by atoms with Gasteiger partial charge in [0.2, 0.25) is 0 Å². The summed E-state index contributed by atoms with van der Waals surface area (Å²) in [5.74, 6) is 0.110. The Labute approximate surface area is 776 Å². The van der Waals surface area contributed by atoms with Crippen molar-refractivity contribution < 1.29 is 38.4 Å². The summed E-state index contributed by atoms with van der Waals surface area (Å²) in [5, 5.41) is 63.8. The zero-order valence-electron chi connectivity index (χ0n) is 71.4. The number of nitrogens with zero attached hydrogens (tertiary/aromatic N) is 9. The fraction of sp³-hybridized carbons (Fsp3) is 0.167. The third-order valence-electron chi connectivity index (χ3n) is 20.6. The van der Waals surface area contributed by atoms with E-state index in [1.165, 1.54) is 24.8 Å². The number of hydrogen-bond donors (Lipinski definition) is 14. The highest BCUT2D eigenvalue weighted by Gasteiger charge is 2.25. The molecule has 0 atom stereocenters. The Hall–Kier alpha value is -15.0. The van der Waals surface area contributed by atoms with Crippen molar-refractivity contribution in [2.75, 3.05) is 142 Å². The third kappa shape index (κ3) is 27.3. The lowest BCUT2D eigenvalue weighted by molar-refractivity contribution is 0.101. The number of aromatic nitrogens is 4. The largest absolute Gasteiger partial charge is 0.363 e. The highest BCUT2D eigenvalue weighted by Crippen LogP contribution is 2.27. The Balaban J connectivity index is 0.000000158. The summed E-state index contributed by atoms with van der Waals surface area (Å²) >= 11 is 23.3. The molecule has 35 heteroatoms. The molecule has 31 nitrogen and oxygen atoms in total. The molecule has 131 heavy (non-hydrogen) atoms. The van der Waals surface area contributed by atoms with Gasteiger partial charge in [-0.25, -0.2) is 19.9 Å². The number of amidine groups is 4. The van der Waals surface area contributed by atoms with Crippen LogP contribution < -0.4 is 53.2 Å². The molecule has 14 N–H and O–H groups in total. The van der Waals surface area contributed by atoms with Crippen LogP contribution in [-0.4, -0.2) is 215 Å². The molecule has 0 aliphatic carbocycles. The zero-order chi connectivity index (χ0) is 92.9. The van der Waals surface area contributed by atoms with Gasteiger partial charge in [-0.05, 0) is 166 Å². The van der Waals surface area contributed by atoms with E-state index in [0.29, 0.717) is 140 Å². The van der Waals surface area contributed by atoms with E-state index in [1.807, 2.05) is 14.7 Å². The smallest absolute Gasteiger partial charge is 0.258 e. The van der Waals surface area contributed by atoms with Crippen molar-refractivity contribution in [1.29, 1.82) is 21.6 Å². The number of benzene rings is 8. The fourth-order valence-electron chi connectivity index (χ4n) is 13.4. The van der Waals surface area contributed by atoms with Crippen LogP contribution in [0.4, 0.5) is 46.0 Å². The standard InChI is InChI=1S/2C25H25ClN6O2.C24H23ClN6O2.C22H20ClN5O2/c1-31-12-14-32(15-13-31)23(27)17-6-8-18(9-7-17)24(33)29-21-5-3-2-4-20(21)25(34)30-22-11-10-19(26)16-28-22;26-19-10-11-22(29-16-19)31-25(34)20-4-1-2-5-21(20)30-24(33)18-8-6-17(7-9-18)23(27)32-14-3-12-28-13-15-32;25-18-9-10-21(28-15-18)30-24(33)19-3-1-2-4-20(19)29-23(32)17-7-5-16(6-8-17)22(26)31-13-11-27-12-14-31;1-28(2)20(24)14-7-9-15(10-8-14)21(29)26-18-6-4-3-5-17(18)22(30)27-19-12-11-16(23)13-25-19/h2-11,16,27H,12-15H2,1H3,(H,29,33)(H,28,30,34);1-2,4-11,16,27-28H,3,12-15H2,(H,30,33)(H,29,31,34);1-10,15,26-27H,11-14H2,(H,29,32)(H,28,30,33);3-13,24H,1-2H3,(H,26,29)(H,25,27,30). The molecule has 12 aromatic rings. The number of amides is 8. The van der Waals surface area contributed by atoms with Crippen LogP contribution >= 0.6 is 46.4 Å². The molecule has 3 aliphatic rings. The van der Waals surface area contributed by atoms with Crippen molar-refractivity contribution in [2.24, 2.45) is 0 Å². The Morgan fingerprint density at radius 1 is 0.290 bits per heavy atom. The number of carbonyl (C=O) groups excluding carboxylic acids is 8. The molecule has 0 bridgehead atoms. The topological polar surface area (TPSA) is 420 Å². The van der Waals surface area contributed by atoms with Crippen molar-refractivity contribution in [2.45, 2.75) is 6.42 Å². The Morgan fingerprint density at radius 3 is 0.802 bits per heavy atom. The molecule has 8 aromatic carbocycles. The normalized spacial score (nSPS) is 12.8. The van der Waals surface area contributed by atoms with E-state index in [4.69, 9.17) is 68.0 Å². The van der Waals surface area contributed by atoms with Gasteiger partial charge in [0.25, 0.3) is 47.3 Å². The first-order chi connectivity index (χ1) is 63.3.